The number of amidine groups is 1. The number of methoxy groups -OCH3 is 1. The van der Waals surface area contributed by atoms with Gasteiger partial charge in [0, 0.05) is 24.4 Å². The zero-order valence-electron chi connectivity index (χ0n) is 15.0. The first kappa shape index (κ1) is 16.4. The number of ether oxygens (including phenoxy) is 1. The van der Waals surface area contributed by atoms with Crippen LogP contribution in [-0.2, 0) is 4.79 Å². The molecule has 4 heteroatoms. The molecule has 1 aliphatic carbocycles. The molecule has 0 radical (unpaired) electrons. The number of para-hydroxylation sites is 1. The third kappa shape index (κ3) is 3.22. The molecule has 1 fully saturated rings. The van der Waals surface area contributed by atoms with Crippen LogP contribution < -0.4 is 4.74 Å². The lowest BCUT2D eigenvalue weighted by molar-refractivity contribution is -0.115. The zero-order valence-corrected chi connectivity index (χ0v) is 15.0. The number of allylic oxidation sites excluding steroid dienone is 2. The van der Waals surface area contributed by atoms with Gasteiger partial charge >= 0.3 is 0 Å². The number of rotatable bonds is 2. The second kappa shape index (κ2) is 7.03. The number of Topliss-reactive ketones (excluding diaryl/α,β-unsaturated/α-hetero) is 1. The van der Waals surface area contributed by atoms with Gasteiger partial charge in [0.05, 0.1) is 13.5 Å². The molecule has 25 heavy (non-hydrogen) atoms. The maximum Gasteiger partial charge on any atom is 0.168 e. The Morgan fingerprint density at radius 1 is 1.12 bits per heavy atom. The molecule has 0 bridgehead atoms. The van der Waals surface area contributed by atoms with E-state index in [9.17, 15) is 4.79 Å². The molecular weight excluding hydrogens is 312 g/mol. The molecule has 0 N–H and O–H groups in total. The topological polar surface area (TPSA) is 41.9 Å². The Morgan fingerprint density at radius 2 is 1.88 bits per heavy atom. The summed E-state index contributed by atoms with van der Waals surface area (Å²) in [6, 6.07) is 8.34. The van der Waals surface area contributed by atoms with E-state index in [1.165, 1.54) is 12.0 Å². The van der Waals surface area contributed by atoms with E-state index in [1.54, 1.807) is 7.11 Å². The number of carbonyl (C=O) groups is 1. The molecule has 2 heterocycles. The van der Waals surface area contributed by atoms with Crippen molar-refractivity contribution < 1.29 is 9.53 Å². The van der Waals surface area contributed by atoms with Crippen molar-refractivity contribution >= 4 is 11.6 Å². The van der Waals surface area contributed by atoms with E-state index in [4.69, 9.17) is 9.73 Å². The molecular formula is C21H26N2O2. The van der Waals surface area contributed by atoms with Gasteiger partial charge in [-0.05, 0) is 56.1 Å². The van der Waals surface area contributed by atoms with Crippen LogP contribution in [0.1, 0.15) is 56.4 Å². The second-order valence-corrected chi connectivity index (χ2v) is 7.26. The molecule has 0 amide bonds. The molecule has 2 aliphatic heterocycles. The predicted octanol–water partition coefficient (Wildman–Crippen LogP) is 4.07. The first-order valence-electron chi connectivity index (χ1n) is 9.47. The Bertz CT molecular complexity index is 727. The second-order valence-electron chi connectivity index (χ2n) is 7.26. The number of ketones is 1. The lowest BCUT2D eigenvalue weighted by Crippen LogP contribution is -2.40. The van der Waals surface area contributed by atoms with Crippen LogP contribution >= 0.6 is 0 Å². The maximum atomic E-state index is 12.5. The van der Waals surface area contributed by atoms with Crippen molar-refractivity contribution in [1.82, 2.24) is 4.90 Å². The molecule has 0 aromatic heterocycles. The highest BCUT2D eigenvalue weighted by molar-refractivity contribution is 6.11. The van der Waals surface area contributed by atoms with Crippen LogP contribution in [0.25, 0.3) is 0 Å². The SMILES string of the molecule is COc1ccccc1C1CCN(C2=NC3=C(CCCC3)C(=O)C2)CC1. The van der Waals surface area contributed by atoms with Crippen LogP contribution in [0.5, 0.6) is 5.75 Å². The van der Waals surface area contributed by atoms with Gasteiger partial charge < -0.3 is 9.64 Å². The van der Waals surface area contributed by atoms with Crippen molar-refractivity contribution in [3.8, 4) is 5.75 Å². The summed E-state index contributed by atoms with van der Waals surface area (Å²) in [5.74, 6) is 2.83. The molecule has 4 nitrogen and oxygen atoms in total. The van der Waals surface area contributed by atoms with Gasteiger partial charge in [0.1, 0.15) is 11.6 Å². The summed E-state index contributed by atoms with van der Waals surface area (Å²) in [5, 5.41) is 0. The fraction of sp³-hybridized carbons (Fsp3) is 0.524. The lowest BCUT2D eigenvalue weighted by Gasteiger charge is -2.36. The number of carbonyl (C=O) groups excluding carboxylic acids is 1. The van der Waals surface area contributed by atoms with E-state index < -0.39 is 0 Å². The van der Waals surface area contributed by atoms with Gasteiger partial charge in [-0.3, -0.25) is 4.79 Å². The standard InChI is InChI=1S/C21H26N2O2/c1-25-20-9-5-3-6-16(20)15-10-12-23(13-11-15)21-14-19(24)17-7-2-4-8-18(17)22-21/h3,5-6,9,15H,2,4,7-8,10-14H2,1H3. The molecule has 1 aromatic rings. The third-order valence-electron chi connectivity index (χ3n) is 5.80. The minimum atomic E-state index is 0.312. The van der Waals surface area contributed by atoms with Gasteiger partial charge in [0.15, 0.2) is 5.78 Å². The van der Waals surface area contributed by atoms with E-state index in [1.807, 2.05) is 12.1 Å². The summed E-state index contributed by atoms with van der Waals surface area (Å²) in [5.41, 5.74) is 3.40. The minimum absolute atomic E-state index is 0.312. The van der Waals surface area contributed by atoms with Crippen LogP contribution in [0, 0.1) is 0 Å². The van der Waals surface area contributed by atoms with Crippen LogP contribution in [0.2, 0.25) is 0 Å². The van der Waals surface area contributed by atoms with E-state index in [0.717, 1.165) is 68.0 Å². The molecule has 4 rings (SSSR count). The Hall–Kier alpha value is -2.10. The molecule has 0 atom stereocenters. The fourth-order valence-electron chi connectivity index (χ4n) is 4.39. The molecule has 0 unspecified atom stereocenters. The maximum absolute atomic E-state index is 12.5. The monoisotopic (exact) mass is 338 g/mol. The molecule has 0 saturated carbocycles. The van der Waals surface area contributed by atoms with Gasteiger partial charge in [-0.15, -0.1) is 0 Å². The summed E-state index contributed by atoms with van der Waals surface area (Å²) < 4.78 is 5.53. The average molecular weight is 338 g/mol. The number of hydrogen-bond donors (Lipinski definition) is 0. The summed E-state index contributed by atoms with van der Waals surface area (Å²) in [6.45, 7) is 1.94. The highest BCUT2D eigenvalue weighted by Crippen LogP contribution is 2.36. The van der Waals surface area contributed by atoms with Crippen molar-refractivity contribution in [1.29, 1.82) is 0 Å². The third-order valence-corrected chi connectivity index (χ3v) is 5.80. The lowest BCUT2D eigenvalue weighted by atomic mass is 9.87. The largest absolute Gasteiger partial charge is 0.496 e. The first-order valence-corrected chi connectivity index (χ1v) is 9.47. The van der Waals surface area contributed by atoms with Crippen LogP contribution in [0.4, 0.5) is 0 Å². The van der Waals surface area contributed by atoms with Crippen LogP contribution in [0.15, 0.2) is 40.5 Å². The quantitative estimate of drug-likeness (QED) is 0.816. The summed E-state index contributed by atoms with van der Waals surface area (Å²) in [7, 11) is 1.74. The number of hydrogen-bond acceptors (Lipinski definition) is 4. The Kier molecular flexibility index (Phi) is 4.60. The number of likely N-dealkylation sites (tertiary alicyclic amines) is 1. The molecule has 0 spiro atoms. The normalized spacial score (nSPS) is 21.9. The van der Waals surface area contributed by atoms with E-state index >= 15 is 0 Å². The Balaban J connectivity index is 1.46. The number of piperidine rings is 1. The summed E-state index contributed by atoms with van der Waals surface area (Å²) >= 11 is 0. The summed E-state index contributed by atoms with van der Waals surface area (Å²) in [4.78, 5) is 19.7. The number of benzene rings is 1. The van der Waals surface area contributed by atoms with Gasteiger partial charge in [0.25, 0.3) is 0 Å². The smallest absolute Gasteiger partial charge is 0.168 e. The minimum Gasteiger partial charge on any atom is -0.496 e. The average Bonchev–Trinajstić information content (AvgIpc) is 2.68. The van der Waals surface area contributed by atoms with Gasteiger partial charge in [-0.2, -0.15) is 0 Å². The van der Waals surface area contributed by atoms with Crippen LogP contribution in [0.3, 0.4) is 0 Å². The zero-order chi connectivity index (χ0) is 17.2. The highest BCUT2D eigenvalue weighted by Gasteiger charge is 2.30. The molecule has 3 aliphatic rings. The van der Waals surface area contributed by atoms with Crippen molar-refractivity contribution in [2.75, 3.05) is 20.2 Å². The molecule has 1 aromatic carbocycles. The van der Waals surface area contributed by atoms with Gasteiger partial charge in [-0.25, -0.2) is 4.99 Å². The summed E-state index contributed by atoms with van der Waals surface area (Å²) in [6.07, 6.45) is 6.87. The van der Waals surface area contributed by atoms with E-state index in [-0.39, 0.29) is 0 Å². The first-order chi connectivity index (χ1) is 12.3. The Morgan fingerprint density at radius 3 is 2.68 bits per heavy atom. The number of aliphatic imine (C=N–C) groups is 1. The number of nitrogens with zero attached hydrogens (tertiary/aromatic N) is 2. The van der Waals surface area contributed by atoms with Crippen molar-refractivity contribution in [2.24, 2.45) is 4.99 Å². The Labute approximate surface area is 149 Å². The van der Waals surface area contributed by atoms with E-state index in [0.29, 0.717) is 18.1 Å². The predicted molar refractivity (Wildman–Crippen MR) is 99.1 cm³/mol. The molecule has 132 valence electrons. The van der Waals surface area contributed by atoms with Crippen molar-refractivity contribution in [3.05, 3.63) is 41.1 Å². The van der Waals surface area contributed by atoms with Crippen molar-refractivity contribution in [2.45, 2.75) is 50.9 Å². The van der Waals surface area contributed by atoms with E-state index in [2.05, 4.69) is 17.0 Å². The fourth-order valence-corrected chi connectivity index (χ4v) is 4.39. The molecule has 1 saturated heterocycles. The van der Waals surface area contributed by atoms with Crippen LogP contribution in [-0.4, -0.2) is 36.7 Å². The highest BCUT2D eigenvalue weighted by atomic mass is 16.5. The van der Waals surface area contributed by atoms with Gasteiger partial charge in [0.2, 0.25) is 0 Å². The van der Waals surface area contributed by atoms with Crippen molar-refractivity contribution in [3.63, 3.8) is 0 Å². The van der Waals surface area contributed by atoms with Gasteiger partial charge in [-0.1, -0.05) is 18.2 Å².